The molecule has 0 spiro atoms. The summed E-state index contributed by atoms with van der Waals surface area (Å²) in [5, 5.41) is 0. The van der Waals surface area contributed by atoms with Crippen molar-refractivity contribution in [2.45, 2.75) is 91.8 Å². The molecule has 4 aromatic carbocycles. The molecule has 0 N–H and O–H groups in total. The second-order valence-corrected chi connectivity index (χ2v) is 22.3. The van der Waals surface area contributed by atoms with Crippen molar-refractivity contribution in [1.82, 2.24) is 19.6 Å². The van der Waals surface area contributed by atoms with Gasteiger partial charge in [0.05, 0.1) is 26.4 Å². The molecule has 0 atom stereocenters. The lowest BCUT2D eigenvalue weighted by Gasteiger charge is -2.35. The topological polar surface area (TPSA) is 99.7 Å². The Morgan fingerprint density at radius 2 is 0.845 bits per heavy atom. The molecule has 3 heterocycles. The Hall–Kier alpha value is -4.22. The zero-order valence-electron chi connectivity index (χ0n) is 43.1. The number of hydrogen-bond donors (Lipinski definition) is 0. The third-order valence-electron chi connectivity index (χ3n) is 12.1. The third-order valence-corrected chi connectivity index (χ3v) is 13.1. The van der Waals surface area contributed by atoms with Gasteiger partial charge >= 0.3 is 12.2 Å². The second-order valence-electron chi connectivity index (χ2n) is 20.5. The zero-order chi connectivity index (χ0) is 50.6. The first-order valence-corrected chi connectivity index (χ1v) is 26.9. The molecule has 388 valence electrons. The molecule has 7 rings (SSSR count). The van der Waals surface area contributed by atoms with Crippen LogP contribution >= 0.6 is 31.9 Å². The number of benzene rings is 4. The van der Waals surface area contributed by atoms with Crippen LogP contribution in [0.1, 0.15) is 76.6 Å². The highest BCUT2D eigenvalue weighted by atomic mass is 79.9. The molecular formula is C56H78Br2N6O7. The molecule has 15 heteroatoms. The molecular weight excluding hydrogens is 1030 g/mol. The van der Waals surface area contributed by atoms with Gasteiger partial charge in [-0.2, -0.15) is 0 Å². The molecule has 6 bridgehead atoms. The van der Waals surface area contributed by atoms with Crippen molar-refractivity contribution >= 4 is 55.4 Å². The number of fused-ring (bicyclic) bond motifs is 22. The van der Waals surface area contributed by atoms with Crippen LogP contribution in [0, 0.1) is 0 Å². The van der Waals surface area contributed by atoms with Crippen LogP contribution in [0.5, 0.6) is 0 Å². The summed E-state index contributed by atoms with van der Waals surface area (Å²) in [6.07, 6.45) is 1.03. The Balaban J connectivity index is 1.31. The number of carbonyl (C=O) groups excluding carboxylic acids is 2. The maximum absolute atomic E-state index is 14.0. The molecule has 0 aromatic heterocycles. The SMILES string of the molecule is CC(C)(C)OC(=O)N1CCN2CCN(C(=O)OC(C)(C)C)CCN(CC1)Cc1cccc(c1)N(Cc1cccc(Br)c1)CCCOCCOCCOCCCN(Cc1cccc(Br)c1)c1cccc(c1)C2. The number of anilines is 2. The fraction of sp³-hybridized carbons (Fsp3) is 0.536. The first-order chi connectivity index (χ1) is 34.0. The molecule has 3 aliphatic rings. The summed E-state index contributed by atoms with van der Waals surface area (Å²) in [6.45, 7) is 23.2. The van der Waals surface area contributed by atoms with Crippen molar-refractivity contribution < 1.29 is 33.3 Å². The summed E-state index contributed by atoms with van der Waals surface area (Å²) in [7, 11) is 0. The lowest BCUT2D eigenvalue weighted by molar-refractivity contribution is 0.0141. The van der Waals surface area contributed by atoms with Crippen LogP contribution in [0.4, 0.5) is 21.0 Å². The van der Waals surface area contributed by atoms with Gasteiger partial charge in [0, 0.05) is 125 Å². The molecule has 0 aliphatic carbocycles. The standard InChI is InChI=1S/C56H78Br2N6O7/c1-55(2,3)70-53(65)61-27-23-59-25-29-62(54(66)71-56(4,5)6)30-26-60(24-28-61)42-48-16-10-20-52(40-48)64(44-46-14-8-18-50(58)38-46)22-12-32-68-34-36-69-35-33-67-31-11-21-63(43-45-13-7-17-49(57)37-45)51-19-9-15-47(39-51)41-59/h7-10,13-20,37-40H,11-12,21-36,41-44H2,1-6H3. The van der Waals surface area contributed by atoms with E-state index in [1.165, 1.54) is 11.1 Å². The normalized spacial score (nSPS) is 19.5. The van der Waals surface area contributed by atoms with Gasteiger partial charge in [0.25, 0.3) is 0 Å². The molecule has 71 heavy (non-hydrogen) atoms. The number of ether oxygens (including phenoxy) is 5. The highest BCUT2D eigenvalue weighted by Crippen LogP contribution is 2.25. The Morgan fingerprint density at radius 3 is 1.21 bits per heavy atom. The lowest BCUT2D eigenvalue weighted by Crippen LogP contribution is -2.49. The number of rotatable bonds is 4. The van der Waals surface area contributed by atoms with Gasteiger partial charge in [0.15, 0.2) is 0 Å². The van der Waals surface area contributed by atoms with E-state index in [1.807, 2.05) is 51.3 Å². The largest absolute Gasteiger partial charge is 0.444 e. The molecule has 2 amide bonds. The van der Waals surface area contributed by atoms with Crippen LogP contribution in [0.3, 0.4) is 0 Å². The van der Waals surface area contributed by atoms with Crippen molar-refractivity contribution in [1.29, 1.82) is 0 Å². The molecule has 4 aromatic rings. The highest BCUT2D eigenvalue weighted by Gasteiger charge is 2.27. The average Bonchev–Trinajstić information content (AvgIpc) is 3.30. The maximum Gasteiger partial charge on any atom is 0.410 e. The van der Waals surface area contributed by atoms with Gasteiger partial charge in [-0.3, -0.25) is 9.80 Å². The van der Waals surface area contributed by atoms with Crippen molar-refractivity contribution in [2.75, 3.05) is 115 Å². The predicted molar refractivity (Wildman–Crippen MR) is 291 cm³/mol. The zero-order valence-corrected chi connectivity index (χ0v) is 46.3. The van der Waals surface area contributed by atoms with E-state index >= 15 is 0 Å². The average molecular weight is 1110 g/mol. The van der Waals surface area contributed by atoms with E-state index < -0.39 is 11.2 Å². The van der Waals surface area contributed by atoms with Crippen LogP contribution in [-0.2, 0) is 49.9 Å². The summed E-state index contributed by atoms with van der Waals surface area (Å²) in [6, 6.07) is 34.4. The Morgan fingerprint density at radius 1 is 0.479 bits per heavy atom. The van der Waals surface area contributed by atoms with Crippen molar-refractivity contribution in [2.24, 2.45) is 0 Å². The fourth-order valence-corrected chi connectivity index (χ4v) is 9.51. The number of halogens is 2. The van der Waals surface area contributed by atoms with Gasteiger partial charge in [0.1, 0.15) is 11.2 Å². The van der Waals surface area contributed by atoms with Gasteiger partial charge in [-0.15, -0.1) is 0 Å². The Bertz CT molecular complexity index is 2080. The van der Waals surface area contributed by atoms with E-state index in [1.54, 1.807) is 0 Å². The summed E-state index contributed by atoms with van der Waals surface area (Å²) in [5.74, 6) is 0. The van der Waals surface area contributed by atoms with Gasteiger partial charge in [0.2, 0.25) is 0 Å². The van der Waals surface area contributed by atoms with E-state index in [0.29, 0.717) is 105 Å². The van der Waals surface area contributed by atoms with E-state index in [2.05, 4.69) is 149 Å². The predicted octanol–water partition coefficient (Wildman–Crippen LogP) is 10.9. The van der Waals surface area contributed by atoms with Crippen LogP contribution in [0.25, 0.3) is 0 Å². The lowest BCUT2D eigenvalue weighted by atomic mass is 10.1. The van der Waals surface area contributed by atoms with Crippen LogP contribution in [-0.4, -0.2) is 148 Å². The minimum Gasteiger partial charge on any atom is -0.444 e. The van der Waals surface area contributed by atoms with Crippen LogP contribution in [0.15, 0.2) is 106 Å². The first kappa shape index (κ1) is 56.1. The molecule has 0 radical (unpaired) electrons. The summed E-state index contributed by atoms with van der Waals surface area (Å²) in [5.41, 5.74) is 5.62. The summed E-state index contributed by atoms with van der Waals surface area (Å²) >= 11 is 7.35. The number of amides is 2. The van der Waals surface area contributed by atoms with Crippen molar-refractivity contribution in [3.05, 3.63) is 128 Å². The number of carbonyl (C=O) groups is 2. The van der Waals surface area contributed by atoms with E-state index in [9.17, 15) is 9.59 Å². The van der Waals surface area contributed by atoms with Gasteiger partial charge < -0.3 is 43.3 Å². The molecule has 3 aliphatic heterocycles. The van der Waals surface area contributed by atoms with Crippen molar-refractivity contribution in [3.8, 4) is 0 Å². The highest BCUT2D eigenvalue weighted by molar-refractivity contribution is 9.10. The van der Waals surface area contributed by atoms with E-state index in [4.69, 9.17) is 23.7 Å². The van der Waals surface area contributed by atoms with Gasteiger partial charge in [-0.05, 0) is 125 Å². The molecule has 13 nitrogen and oxygen atoms in total. The molecule has 1 saturated heterocycles. The smallest absolute Gasteiger partial charge is 0.410 e. The number of nitrogens with zero attached hydrogens (tertiary/aromatic N) is 6. The maximum atomic E-state index is 14.0. The third kappa shape index (κ3) is 20.7. The second kappa shape index (κ2) is 28.3. The van der Waals surface area contributed by atoms with E-state index in [-0.39, 0.29) is 12.2 Å². The Labute approximate surface area is 440 Å². The summed E-state index contributed by atoms with van der Waals surface area (Å²) < 4.78 is 32.2. The molecule has 1 fully saturated rings. The monoisotopic (exact) mass is 1100 g/mol. The van der Waals surface area contributed by atoms with Crippen LogP contribution in [0.2, 0.25) is 0 Å². The molecule has 0 unspecified atom stereocenters. The quantitative estimate of drug-likeness (QED) is 0.183. The van der Waals surface area contributed by atoms with E-state index in [0.717, 1.165) is 70.5 Å². The summed E-state index contributed by atoms with van der Waals surface area (Å²) in [4.78, 5) is 41.3. The van der Waals surface area contributed by atoms with Gasteiger partial charge in [-0.1, -0.05) is 80.4 Å². The minimum atomic E-state index is -0.652. The molecule has 0 saturated carbocycles. The van der Waals surface area contributed by atoms with Gasteiger partial charge in [-0.25, -0.2) is 9.59 Å². The van der Waals surface area contributed by atoms with Crippen molar-refractivity contribution in [3.63, 3.8) is 0 Å². The Kier molecular flexibility index (Phi) is 22.3. The van der Waals surface area contributed by atoms with Crippen LogP contribution < -0.4 is 9.80 Å². The fourth-order valence-electron chi connectivity index (χ4n) is 8.62. The minimum absolute atomic E-state index is 0.327. The number of hydrogen-bond acceptors (Lipinski definition) is 11. The first-order valence-electron chi connectivity index (χ1n) is 25.4.